The summed E-state index contributed by atoms with van der Waals surface area (Å²) in [7, 11) is 1.57. The molecule has 36 heavy (non-hydrogen) atoms. The predicted octanol–water partition coefficient (Wildman–Crippen LogP) is 4.30. The summed E-state index contributed by atoms with van der Waals surface area (Å²) in [4.78, 5) is 25.0. The van der Waals surface area contributed by atoms with Crippen LogP contribution in [0.4, 0.5) is 17.2 Å². The van der Waals surface area contributed by atoms with Gasteiger partial charge in [0.1, 0.15) is 5.69 Å². The molecule has 2 aromatic carbocycles. The molecule has 6 aromatic rings. The highest BCUT2D eigenvalue weighted by Crippen LogP contribution is 2.30. The van der Waals surface area contributed by atoms with Crippen LogP contribution in [0.3, 0.4) is 0 Å². The molecule has 11 nitrogen and oxygen atoms in total. The van der Waals surface area contributed by atoms with Crippen LogP contribution in [0, 0.1) is 0 Å². The number of H-pyrrole nitrogens is 2. The van der Waals surface area contributed by atoms with Crippen molar-refractivity contribution in [2.45, 2.75) is 0 Å². The van der Waals surface area contributed by atoms with Gasteiger partial charge in [-0.2, -0.15) is 15.3 Å². The van der Waals surface area contributed by atoms with Gasteiger partial charge in [-0.25, -0.2) is 9.97 Å². The molecule has 4 N–H and O–H groups in total. The summed E-state index contributed by atoms with van der Waals surface area (Å²) in [5, 5.41) is 22.4. The minimum absolute atomic E-state index is 0.275. The number of methoxy groups -OCH3 is 1. The third-order valence-corrected chi connectivity index (χ3v) is 5.65. The maximum Gasteiger partial charge on any atom is 0.272 e. The summed E-state index contributed by atoms with van der Waals surface area (Å²) in [6.07, 6.45) is 6.39. The Bertz CT molecular complexity index is 1710. The monoisotopic (exact) mass is 477 g/mol. The summed E-state index contributed by atoms with van der Waals surface area (Å²) < 4.78 is 5.46. The van der Waals surface area contributed by atoms with Crippen LogP contribution < -0.4 is 15.4 Å². The van der Waals surface area contributed by atoms with E-state index >= 15 is 0 Å². The highest BCUT2D eigenvalue weighted by atomic mass is 16.5. The number of nitrogens with one attached hydrogen (secondary N) is 4. The fraction of sp³-hybridized carbons (Fsp3) is 0.0400. The minimum Gasteiger partial charge on any atom is -0.491 e. The van der Waals surface area contributed by atoms with E-state index in [1.165, 1.54) is 12.4 Å². The fourth-order valence-electron chi connectivity index (χ4n) is 3.86. The maximum atomic E-state index is 12.6. The average molecular weight is 477 g/mol. The summed E-state index contributed by atoms with van der Waals surface area (Å²) in [5.74, 6) is 1.27. The standard InChI is InChI=1S/C25H19N9O2/c1-36-22-13-26-23(33-24(22)30-17-4-5-19-16(8-17)11-29-34-19)15-3-2-14-9-21(32-20(14)10-15)25(35)31-18-6-7-27-28-12-18/h2-13,32H,1H3,(H,29,34)(H,26,30,33)(H,27,31,35). The molecule has 4 heterocycles. The lowest BCUT2D eigenvalue weighted by Crippen LogP contribution is -2.12. The van der Waals surface area contributed by atoms with Gasteiger partial charge in [0.2, 0.25) is 0 Å². The van der Waals surface area contributed by atoms with E-state index in [2.05, 4.69) is 41.0 Å². The number of nitrogens with zero attached hydrogens (tertiary/aromatic N) is 5. The normalized spacial score (nSPS) is 11.0. The van der Waals surface area contributed by atoms with Gasteiger partial charge in [-0.15, -0.1) is 0 Å². The number of hydrogen-bond acceptors (Lipinski definition) is 8. The zero-order valence-electron chi connectivity index (χ0n) is 19.0. The first-order valence-corrected chi connectivity index (χ1v) is 11.0. The summed E-state index contributed by atoms with van der Waals surface area (Å²) in [6, 6.07) is 15.0. The van der Waals surface area contributed by atoms with Gasteiger partial charge in [-0.05, 0) is 36.4 Å². The first kappa shape index (κ1) is 21.2. The second-order valence-corrected chi connectivity index (χ2v) is 7.98. The number of amides is 1. The molecule has 0 fully saturated rings. The van der Waals surface area contributed by atoms with Crippen molar-refractivity contribution in [2.75, 3.05) is 17.7 Å². The van der Waals surface area contributed by atoms with Gasteiger partial charge < -0.3 is 20.4 Å². The van der Waals surface area contributed by atoms with Gasteiger partial charge in [0.05, 0.1) is 43.1 Å². The Morgan fingerprint density at radius 1 is 0.917 bits per heavy atom. The van der Waals surface area contributed by atoms with Crippen LogP contribution in [0.2, 0.25) is 0 Å². The van der Waals surface area contributed by atoms with E-state index in [0.717, 1.165) is 33.1 Å². The number of anilines is 3. The molecule has 0 atom stereocenters. The number of carbonyl (C=O) groups is 1. The van der Waals surface area contributed by atoms with Gasteiger partial charge in [0.15, 0.2) is 17.4 Å². The van der Waals surface area contributed by atoms with E-state index in [9.17, 15) is 4.79 Å². The first-order valence-electron chi connectivity index (χ1n) is 11.0. The Balaban J connectivity index is 1.29. The van der Waals surface area contributed by atoms with Crippen molar-refractivity contribution < 1.29 is 9.53 Å². The zero-order valence-corrected chi connectivity index (χ0v) is 19.0. The molecule has 0 radical (unpaired) electrons. The van der Waals surface area contributed by atoms with E-state index < -0.39 is 0 Å². The van der Waals surface area contributed by atoms with Crippen LogP contribution in [0.5, 0.6) is 5.75 Å². The molecule has 0 aliphatic carbocycles. The molecule has 176 valence electrons. The second kappa shape index (κ2) is 8.80. The minimum atomic E-state index is -0.275. The van der Waals surface area contributed by atoms with E-state index in [0.29, 0.717) is 28.8 Å². The fourth-order valence-corrected chi connectivity index (χ4v) is 3.86. The van der Waals surface area contributed by atoms with Crippen LogP contribution in [0.1, 0.15) is 10.5 Å². The van der Waals surface area contributed by atoms with Gasteiger partial charge in [-0.1, -0.05) is 12.1 Å². The molecule has 6 rings (SSSR count). The van der Waals surface area contributed by atoms with Crippen LogP contribution in [-0.4, -0.2) is 48.4 Å². The number of benzene rings is 2. The molecule has 0 aliphatic heterocycles. The van der Waals surface area contributed by atoms with E-state index in [1.54, 1.807) is 31.6 Å². The lowest BCUT2D eigenvalue weighted by Gasteiger charge is -2.11. The first-order chi connectivity index (χ1) is 17.7. The second-order valence-electron chi connectivity index (χ2n) is 7.98. The number of carbonyl (C=O) groups excluding carboxylic acids is 1. The van der Waals surface area contributed by atoms with Crippen LogP contribution >= 0.6 is 0 Å². The number of aromatic amines is 2. The van der Waals surface area contributed by atoms with Crippen molar-refractivity contribution in [3.8, 4) is 17.1 Å². The lowest BCUT2D eigenvalue weighted by atomic mass is 10.1. The van der Waals surface area contributed by atoms with E-state index in [4.69, 9.17) is 9.72 Å². The average Bonchev–Trinajstić information content (AvgIpc) is 3.55. The Morgan fingerprint density at radius 3 is 2.72 bits per heavy atom. The molecular weight excluding hydrogens is 458 g/mol. The maximum absolute atomic E-state index is 12.6. The highest BCUT2D eigenvalue weighted by molar-refractivity contribution is 6.06. The zero-order chi connectivity index (χ0) is 24.5. The predicted molar refractivity (Wildman–Crippen MR) is 135 cm³/mol. The Labute approximate surface area is 204 Å². The topological polar surface area (TPSA) is 146 Å². The third-order valence-electron chi connectivity index (χ3n) is 5.65. The quantitative estimate of drug-likeness (QED) is 0.278. The smallest absolute Gasteiger partial charge is 0.272 e. The van der Waals surface area contributed by atoms with Crippen LogP contribution in [0.15, 0.2) is 73.3 Å². The number of rotatable bonds is 6. The number of ether oxygens (including phenoxy) is 1. The lowest BCUT2D eigenvalue weighted by molar-refractivity contribution is 0.102. The van der Waals surface area contributed by atoms with E-state index in [1.807, 2.05) is 36.4 Å². The Morgan fingerprint density at radius 2 is 1.86 bits per heavy atom. The SMILES string of the molecule is COc1cnc(-c2ccc3cc(C(=O)Nc4ccnnc4)[nH]c3c2)nc1Nc1ccc2[nH]ncc2c1. The Hall–Kier alpha value is -5.32. The van der Waals surface area contributed by atoms with Crippen molar-refractivity contribution in [3.05, 3.63) is 79.0 Å². The Kier molecular flexibility index (Phi) is 5.19. The molecule has 0 saturated heterocycles. The van der Waals surface area contributed by atoms with Crippen LogP contribution in [-0.2, 0) is 0 Å². The molecule has 0 bridgehead atoms. The van der Waals surface area contributed by atoms with Gasteiger partial charge in [0.25, 0.3) is 5.91 Å². The van der Waals surface area contributed by atoms with Crippen molar-refractivity contribution in [1.29, 1.82) is 0 Å². The molecule has 0 aliphatic rings. The van der Waals surface area contributed by atoms with Gasteiger partial charge in [0, 0.05) is 27.5 Å². The van der Waals surface area contributed by atoms with Crippen molar-refractivity contribution in [2.24, 2.45) is 0 Å². The molecule has 4 aromatic heterocycles. The van der Waals surface area contributed by atoms with Crippen molar-refractivity contribution in [3.63, 3.8) is 0 Å². The molecule has 0 saturated carbocycles. The highest BCUT2D eigenvalue weighted by Gasteiger charge is 2.14. The number of aromatic nitrogens is 7. The summed E-state index contributed by atoms with van der Waals surface area (Å²) in [6.45, 7) is 0. The number of fused-ring (bicyclic) bond motifs is 2. The summed E-state index contributed by atoms with van der Waals surface area (Å²) in [5.41, 5.74) is 4.34. The van der Waals surface area contributed by atoms with Gasteiger partial charge >= 0.3 is 0 Å². The van der Waals surface area contributed by atoms with Crippen LogP contribution in [0.25, 0.3) is 33.2 Å². The number of hydrogen-bond donors (Lipinski definition) is 4. The summed E-state index contributed by atoms with van der Waals surface area (Å²) >= 11 is 0. The van der Waals surface area contributed by atoms with Crippen molar-refractivity contribution >= 4 is 44.9 Å². The molecule has 11 heteroatoms. The largest absolute Gasteiger partial charge is 0.491 e. The van der Waals surface area contributed by atoms with E-state index in [-0.39, 0.29) is 5.91 Å². The molecular formula is C25H19N9O2. The van der Waals surface area contributed by atoms with Crippen molar-refractivity contribution in [1.82, 2.24) is 35.3 Å². The third kappa shape index (κ3) is 4.05. The molecule has 0 unspecified atom stereocenters. The molecule has 0 spiro atoms. The van der Waals surface area contributed by atoms with Gasteiger partial charge in [-0.3, -0.25) is 9.89 Å². The molecule has 1 amide bonds.